The molecule has 1 aliphatic heterocycles. The van der Waals surface area contributed by atoms with Crippen molar-refractivity contribution in [3.8, 4) is 11.5 Å². The molecule has 7 nitrogen and oxygen atoms in total. The van der Waals surface area contributed by atoms with Gasteiger partial charge in [0.25, 0.3) is 0 Å². The summed E-state index contributed by atoms with van der Waals surface area (Å²) in [6.45, 7) is 10.0. The van der Waals surface area contributed by atoms with E-state index in [9.17, 15) is 0 Å². The van der Waals surface area contributed by atoms with E-state index in [2.05, 4.69) is 40.4 Å². The number of rotatable bonds is 11. The van der Waals surface area contributed by atoms with Crippen molar-refractivity contribution in [2.75, 3.05) is 60.7 Å². The number of benzene rings is 1. The lowest BCUT2D eigenvalue weighted by molar-refractivity contribution is 0.0132. The Morgan fingerprint density at radius 2 is 1.87 bits per heavy atom. The van der Waals surface area contributed by atoms with Crippen molar-refractivity contribution in [1.29, 1.82) is 0 Å². The number of aryl methyl sites for hydroxylation is 1. The van der Waals surface area contributed by atoms with Crippen molar-refractivity contribution in [1.82, 2.24) is 15.5 Å². The molecule has 1 unspecified atom stereocenters. The molecule has 1 heterocycles. The fraction of sp³-hybridized carbons (Fsp3) is 0.696. The molecule has 1 aromatic carbocycles. The van der Waals surface area contributed by atoms with Crippen molar-refractivity contribution < 1.29 is 14.2 Å². The van der Waals surface area contributed by atoms with Gasteiger partial charge in [0.05, 0.1) is 27.4 Å². The predicted molar refractivity (Wildman–Crippen MR) is 123 cm³/mol. The van der Waals surface area contributed by atoms with E-state index in [1.807, 2.05) is 19.2 Å². The van der Waals surface area contributed by atoms with E-state index in [-0.39, 0.29) is 0 Å². The third-order valence-electron chi connectivity index (χ3n) is 5.42. The minimum atomic E-state index is 0.499. The van der Waals surface area contributed by atoms with Crippen LogP contribution in [0.1, 0.15) is 32.3 Å². The SMILES string of the molecule is CN=C(NCCCc1ccc(OC)c(OC)c1)NCC(CC(C)C)N1CCOCC1. The summed E-state index contributed by atoms with van der Waals surface area (Å²) in [6, 6.07) is 6.60. The Balaban J connectivity index is 1.76. The van der Waals surface area contributed by atoms with Gasteiger partial charge in [-0.3, -0.25) is 9.89 Å². The van der Waals surface area contributed by atoms with E-state index in [0.29, 0.717) is 12.0 Å². The first kappa shape index (κ1) is 24.3. The van der Waals surface area contributed by atoms with Crippen LogP contribution < -0.4 is 20.1 Å². The monoisotopic (exact) mass is 420 g/mol. The van der Waals surface area contributed by atoms with Gasteiger partial charge >= 0.3 is 0 Å². The smallest absolute Gasteiger partial charge is 0.191 e. The largest absolute Gasteiger partial charge is 0.493 e. The Labute approximate surface area is 182 Å². The second-order valence-corrected chi connectivity index (χ2v) is 8.10. The van der Waals surface area contributed by atoms with Crippen LogP contribution in [0.15, 0.2) is 23.2 Å². The molecule has 1 atom stereocenters. The predicted octanol–water partition coefficient (Wildman–Crippen LogP) is 2.55. The van der Waals surface area contributed by atoms with Crippen molar-refractivity contribution in [3.05, 3.63) is 23.8 Å². The van der Waals surface area contributed by atoms with E-state index in [4.69, 9.17) is 14.2 Å². The van der Waals surface area contributed by atoms with Gasteiger partial charge < -0.3 is 24.8 Å². The summed E-state index contributed by atoms with van der Waals surface area (Å²) >= 11 is 0. The minimum absolute atomic E-state index is 0.499. The topological polar surface area (TPSA) is 67.4 Å². The fourth-order valence-electron chi connectivity index (χ4n) is 3.82. The molecular weight excluding hydrogens is 380 g/mol. The quantitative estimate of drug-likeness (QED) is 0.326. The number of morpholine rings is 1. The molecule has 0 spiro atoms. The highest BCUT2D eigenvalue weighted by atomic mass is 16.5. The lowest BCUT2D eigenvalue weighted by Gasteiger charge is -2.35. The Morgan fingerprint density at radius 1 is 1.13 bits per heavy atom. The van der Waals surface area contributed by atoms with Crippen LogP contribution in [0.3, 0.4) is 0 Å². The molecule has 1 aromatic rings. The zero-order valence-corrected chi connectivity index (χ0v) is 19.4. The molecule has 30 heavy (non-hydrogen) atoms. The van der Waals surface area contributed by atoms with Gasteiger partial charge in [-0.05, 0) is 42.9 Å². The molecule has 1 aliphatic rings. The Bertz CT molecular complexity index is 645. The summed E-state index contributed by atoms with van der Waals surface area (Å²) < 4.78 is 16.2. The molecular formula is C23H40N4O3. The fourth-order valence-corrected chi connectivity index (χ4v) is 3.82. The number of nitrogens with one attached hydrogen (secondary N) is 2. The average molecular weight is 421 g/mol. The number of methoxy groups -OCH3 is 2. The molecule has 2 rings (SSSR count). The average Bonchev–Trinajstić information content (AvgIpc) is 2.77. The van der Waals surface area contributed by atoms with Crippen molar-refractivity contribution in [3.63, 3.8) is 0 Å². The van der Waals surface area contributed by atoms with Gasteiger partial charge in [0.15, 0.2) is 17.5 Å². The van der Waals surface area contributed by atoms with E-state index in [1.54, 1.807) is 14.2 Å². The molecule has 0 saturated carbocycles. The molecule has 7 heteroatoms. The third kappa shape index (κ3) is 8.03. The van der Waals surface area contributed by atoms with Crippen LogP contribution in [0.2, 0.25) is 0 Å². The minimum Gasteiger partial charge on any atom is -0.493 e. The zero-order chi connectivity index (χ0) is 21.8. The number of hydrogen-bond donors (Lipinski definition) is 2. The van der Waals surface area contributed by atoms with E-state index >= 15 is 0 Å². The first-order valence-corrected chi connectivity index (χ1v) is 11.0. The first-order chi connectivity index (χ1) is 14.6. The van der Waals surface area contributed by atoms with Gasteiger partial charge in [0.1, 0.15) is 0 Å². The maximum absolute atomic E-state index is 5.52. The Morgan fingerprint density at radius 3 is 2.50 bits per heavy atom. The lowest BCUT2D eigenvalue weighted by Crippen LogP contribution is -2.51. The molecule has 2 N–H and O–H groups in total. The summed E-state index contributed by atoms with van der Waals surface area (Å²) in [5.41, 5.74) is 1.24. The first-order valence-electron chi connectivity index (χ1n) is 11.0. The highest BCUT2D eigenvalue weighted by Gasteiger charge is 2.22. The molecule has 0 aromatic heterocycles. The summed E-state index contributed by atoms with van der Waals surface area (Å²) in [5.74, 6) is 3.07. The third-order valence-corrected chi connectivity index (χ3v) is 5.42. The van der Waals surface area contributed by atoms with E-state index in [1.165, 1.54) is 12.0 Å². The highest BCUT2D eigenvalue weighted by Crippen LogP contribution is 2.27. The van der Waals surface area contributed by atoms with Crippen LogP contribution >= 0.6 is 0 Å². The molecule has 170 valence electrons. The summed E-state index contributed by atoms with van der Waals surface area (Å²) in [6.07, 6.45) is 3.15. The standard InChI is InChI=1S/C23H40N4O3/c1-18(2)15-20(27-11-13-30-14-12-27)17-26-23(24-3)25-10-6-7-19-8-9-21(28-4)22(16-19)29-5/h8-9,16,18,20H,6-7,10-15,17H2,1-5H3,(H2,24,25,26). The summed E-state index contributed by atoms with van der Waals surface area (Å²) in [7, 11) is 5.16. The van der Waals surface area contributed by atoms with E-state index < -0.39 is 0 Å². The van der Waals surface area contributed by atoms with Gasteiger partial charge in [-0.2, -0.15) is 0 Å². The molecule has 1 saturated heterocycles. The number of ether oxygens (including phenoxy) is 3. The highest BCUT2D eigenvalue weighted by molar-refractivity contribution is 5.79. The Hall–Kier alpha value is -1.99. The molecule has 0 amide bonds. The van der Waals surface area contributed by atoms with Gasteiger partial charge in [0, 0.05) is 39.3 Å². The zero-order valence-electron chi connectivity index (χ0n) is 19.4. The van der Waals surface area contributed by atoms with Crippen LogP contribution in [0.25, 0.3) is 0 Å². The molecule has 0 radical (unpaired) electrons. The van der Waals surface area contributed by atoms with Gasteiger partial charge in [-0.25, -0.2) is 0 Å². The summed E-state index contributed by atoms with van der Waals surface area (Å²) in [4.78, 5) is 6.94. The van der Waals surface area contributed by atoms with Crippen LogP contribution in [-0.2, 0) is 11.2 Å². The van der Waals surface area contributed by atoms with Crippen LogP contribution in [0, 0.1) is 5.92 Å². The van der Waals surface area contributed by atoms with Crippen LogP contribution in [-0.4, -0.2) is 77.6 Å². The molecule has 1 fully saturated rings. The lowest BCUT2D eigenvalue weighted by atomic mass is 10.0. The normalized spacial score (nSPS) is 16.4. The Kier molecular flexibility index (Phi) is 10.8. The molecule has 0 aliphatic carbocycles. The second-order valence-electron chi connectivity index (χ2n) is 8.10. The van der Waals surface area contributed by atoms with Crippen LogP contribution in [0.4, 0.5) is 0 Å². The van der Waals surface area contributed by atoms with E-state index in [0.717, 1.165) is 69.7 Å². The maximum Gasteiger partial charge on any atom is 0.191 e. The number of nitrogens with zero attached hydrogens (tertiary/aromatic N) is 2. The van der Waals surface area contributed by atoms with Crippen molar-refractivity contribution in [2.24, 2.45) is 10.9 Å². The van der Waals surface area contributed by atoms with Gasteiger partial charge in [0.2, 0.25) is 0 Å². The van der Waals surface area contributed by atoms with Gasteiger partial charge in [-0.15, -0.1) is 0 Å². The number of aliphatic imine (C=N–C) groups is 1. The van der Waals surface area contributed by atoms with Crippen LogP contribution in [0.5, 0.6) is 11.5 Å². The summed E-state index contributed by atoms with van der Waals surface area (Å²) in [5, 5.41) is 6.97. The van der Waals surface area contributed by atoms with Gasteiger partial charge in [-0.1, -0.05) is 19.9 Å². The number of hydrogen-bond acceptors (Lipinski definition) is 5. The van der Waals surface area contributed by atoms with Crippen molar-refractivity contribution in [2.45, 2.75) is 39.2 Å². The molecule has 0 bridgehead atoms. The van der Waals surface area contributed by atoms with Crippen molar-refractivity contribution >= 4 is 5.96 Å². The maximum atomic E-state index is 5.52. The second kappa shape index (κ2) is 13.3. The number of guanidine groups is 1.